The van der Waals surface area contributed by atoms with Crippen LogP contribution in [0.1, 0.15) is 12.0 Å². The number of carbonyl (C=O) groups excluding carboxylic acids is 1. The predicted octanol–water partition coefficient (Wildman–Crippen LogP) is 2.76. The molecule has 1 amide bonds. The molecule has 4 nitrogen and oxygen atoms in total. The van der Waals surface area contributed by atoms with Gasteiger partial charge in [-0.3, -0.25) is 4.79 Å². The van der Waals surface area contributed by atoms with Crippen molar-refractivity contribution in [2.24, 2.45) is 0 Å². The zero-order chi connectivity index (χ0) is 15.1. The standard InChI is InChI=1S/C17H17N3O/c18-10-5-11-20(16-8-2-1-3-9-16)17(21)13-14-6-4-7-15(19)12-14/h1-4,6-9,12H,5,11,13,19H2. The molecule has 0 fully saturated rings. The van der Waals surface area contributed by atoms with Crippen LogP contribution < -0.4 is 10.6 Å². The van der Waals surface area contributed by atoms with Crippen molar-refractivity contribution in [1.29, 1.82) is 5.26 Å². The molecule has 0 saturated carbocycles. The summed E-state index contributed by atoms with van der Waals surface area (Å²) >= 11 is 0. The highest BCUT2D eigenvalue weighted by Crippen LogP contribution is 2.16. The molecule has 0 radical (unpaired) electrons. The third kappa shape index (κ3) is 4.08. The number of carbonyl (C=O) groups is 1. The molecule has 4 heteroatoms. The molecule has 0 saturated heterocycles. The molecule has 0 bridgehead atoms. The van der Waals surface area contributed by atoms with Gasteiger partial charge in [0, 0.05) is 17.9 Å². The fraction of sp³-hybridized carbons (Fsp3) is 0.176. The van der Waals surface area contributed by atoms with E-state index in [1.807, 2.05) is 42.5 Å². The number of para-hydroxylation sites is 1. The van der Waals surface area contributed by atoms with E-state index in [9.17, 15) is 4.79 Å². The van der Waals surface area contributed by atoms with E-state index in [0.29, 0.717) is 18.7 Å². The second-order valence-corrected chi connectivity index (χ2v) is 4.71. The largest absolute Gasteiger partial charge is 0.399 e. The van der Waals surface area contributed by atoms with Crippen molar-refractivity contribution >= 4 is 17.3 Å². The van der Waals surface area contributed by atoms with E-state index < -0.39 is 0 Å². The van der Waals surface area contributed by atoms with Crippen molar-refractivity contribution in [2.45, 2.75) is 12.8 Å². The van der Waals surface area contributed by atoms with E-state index in [2.05, 4.69) is 6.07 Å². The van der Waals surface area contributed by atoms with Crippen LogP contribution in [0, 0.1) is 11.3 Å². The Morgan fingerprint density at radius 2 is 1.90 bits per heavy atom. The Balaban J connectivity index is 2.17. The molecule has 0 atom stereocenters. The van der Waals surface area contributed by atoms with Crippen molar-refractivity contribution in [3.05, 3.63) is 60.2 Å². The van der Waals surface area contributed by atoms with Gasteiger partial charge in [-0.25, -0.2) is 0 Å². The summed E-state index contributed by atoms with van der Waals surface area (Å²) in [5.41, 5.74) is 8.06. The Morgan fingerprint density at radius 1 is 1.14 bits per heavy atom. The normalized spacial score (nSPS) is 9.86. The van der Waals surface area contributed by atoms with Crippen LogP contribution in [0.5, 0.6) is 0 Å². The molecular formula is C17H17N3O. The smallest absolute Gasteiger partial charge is 0.231 e. The number of hydrogen-bond acceptors (Lipinski definition) is 3. The highest BCUT2D eigenvalue weighted by atomic mass is 16.2. The summed E-state index contributed by atoms with van der Waals surface area (Å²) in [7, 11) is 0. The van der Waals surface area contributed by atoms with Gasteiger partial charge in [-0.15, -0.1) is 0 Å². The van der Waals surface area contributed by atoms with Gasteiger partial charge in [-0.1, -0.05) is 30.3 Å². The molecule has 2 N–H and O–H groups in total. The summed E-state index contributed by atoms with van der Waals surface area (Å²) in [6.07, 6.45) is 0.572. The SMILES string of the molecule is N#CCCN(C(=O)Cc1cccc(N)c1)c1ccccc1. The van der Waals surface area contributed by atoms with Crippen molar-refractivity contribution in [2.75, 3.05) is 17.2 Å². The molecule has 0 aliphatic rings. The second kappa shape index (κ2) is 7.11. The number of benzene rings is 2. The minimum Gasteiger partial charge on any atom is -0.399 e. The number of amides is 1. The van der Waals surface area contributed by atoms with E-state index in [1.165, 1.54) is 0 Å². The lowest BCUT2D eigenvalue weighted by molar-refractivity contribution is -0.118. The predicted molar refractivity (Wildman–Crippen MR) is 83.6 cm³/mol. The van der Waals surface area contributed by atoms with Crippen LogP contribution in [0.15, 0.2) is 54.6 Å². The van der Waals surface area contributed by atoms with Gasteiger partial charge in [0.25, 0.3) is 0 Å². The van der Waals surface area contributed by atoms with E-state index >= 15 is 0 Å². The van der Waals surface area contributed by atoms with Gasteiger partial charge in [0.05, 0.1) is 18.9 Å². The third-order valence-corrected chi connectivity index (χ3v) is 3.12. The average Bonchev–Trinajstić information content (AvgIpc) is 2.49. The fourth-order valence-electron chi connectivity index (χ4n) is 2.14. The van der Waals surface area contributed by atoms with Crippen LogP contribution >= 0.6 is 0 Å². The molecular weight excluding hydrogens is 262 g/mol. The Bertz CT molecular complexity index is 647. The molecule has 0 aliphatic carbocycles. The van der Waals surface area contributed by atoms with E-state index in [0.717, 1.165) is 11.3 Å². The van der Waals surface area contributed by atoms with Gasteiger partial charge in [-0.05, 0) is 29.8 Å². The number of nitriles is 1. The Labute approximate surface area is 124 Å². The Morgan fingerprint density at radius 3 is 2.57 bits per heavy atom. The molecule has 0 aromatic heterocycles. The number of hydrogen-bond donors (Lipinski definition) is 1. The molecule has 2 rings (SSSR count). The highest BCUT2D eigenvalue weighted by Gasteiger charge is 2.15. The van der Waals surface area contributed by atoms with E-state index in [1.54, 1.807) is 17.0 Å². The van der Waals surface area contributed by atoms with E-state index in [4.69, 9.17) is 11.0 Å². The maximum atomic E-state index is 12.5. The summed E-state index contributed by atoms with van der Waals surface area (Å²) < 4.78 is 0. The summed E-state index contributed by atoms with van der Waals surface area (Å²) in [5.74, 6) is -0.0398. The first kappa shape index (κ1) is 14.6. The molecule has 106 valence electrons. The lowest BCUT2D eigenvalue weighted by atomic mass is 10.1. The van der Waals surface area contributed by atoms with Gasteiger partial charge in [-0.2, -0.15) is 5.26 Å². The quantitative estimate of drug-likeness (QED) is 0.855. The zero-order valence-corrected chi connectivity index (χ0v) is 11.7. The number of rotatable bonds is 5. The summed E-state index contributed by atoms with van der Waals surface area (Å²) in [4.78, 5) is 14.2. The fourth-order valence-corrected chi connectivity index (χ4v) is 2.14. The van der Waals surface area contributed by atoms with E-state index in [-0.39, 0.29) is 12.3 Å². The maximum Gasteiger partial charge on any atom is 0.231 e. The number of anilines is 2. The van der Waals surface area contributed by atoms with Crippen LogP contribution in [0.25, 0.3) is 0 Å². The van der Waals surface area contributed by atoms with Crippen LogP contribution in [0.4, 0.5) is 11.4 Å². The molecule has 2 aromatic carbocycles. The number of nitrogen functional groups attached to an aromatic ring is 1. The molecule has 21 heavy (non-hydrogen) atoms. The number of nitrogens with zero attached hydrogens (tertiary/aromatic N) is 2. The van der Waals surface area contributed by atoms with Crippen molar-refractivity contribution < 1.29 is 4.79 Å². The molecule has 0 unspecified atom stereocenters. The molecule has 0 aliphatic heterocycles. The molecule has 2 aromatic rings. The summed E-state index contributed by atoms with van der Waals surface area (Å²) in [6, 6.07) is 18.8. The maximum absolute atomic E-state index is 12.5. The van der Waals surface area contributed by atoms with Gasteiger partial charge in [0.1, 0.15) is 0 Å². The van der Waals surface area contributed by atoms with Crippen molar-refractivity contribution in [3.8, 4) is 6.07 Å². The minimum atomic E-state index is -0.0398. The van der Waals surface area contributed by atoms with Crippen LogP contribution in [-0.4, -0.2) is 12.5 Å². The van der Waals surface area contributed by atoms with Crippen LogP contribution in [0.3, 0.4) is 0 Å². The van der Waals surface area contributed by atoms with Gasteiger partial charge < -0.3 is 10.6 Å². The highest BCUT2D eigenvalue weighted by molar-refractivity contribution is 5.94. The molecule has 0 heterocycles. The van der Waals surface area contributed by atoms with Gasteiger partial charge in [0.2, 0.25) is 5.91 Å². The second-order valence-electron chi connectivity index (χ2n) is 4.71. The monoisotopic (exact) mass is 279 g/mol. The van der Waals surface area contributed by atoms with Crippen LogP contribution in [0.2, 0.25) is 0 Å². The van der Waals surface area contributed by atoms with Gasteiger partial charge >= 0.3 is 0 Å². The minimum absolute atomic E-state index is 0.0398. The summed E-state index contributed by atoms with van der Waals surface area (Å²) in [5, 5.41) is 8.77. The Kier molecular flexibility index (Phi) is 4.94. The first-order valence-electron chi connectivity index (χ1n) is 6.77. The van der Waals surface area contributed by atoms with Crippen LogP contribution in [-0.2, 0) is 11.2 Å². The lowest BCUT2D eigenvalue weighted by Crippen LogP contribution is -2.33. The first-order chi connectivity index (χ1) is 10.2. The Hall–Kier alpha value is -2.80. The van der Waals surface area contributed by atoms with Crippen molar-refractivity contribution in [1.82, 2.24) is 0 Å². The first-order valence-corrected chi connectivity index (χ1v) is 6.77. The third-order valence-electron chi connectivity index (χ3n) is 3.12. The molecule has 0 spiro atoms. The zero-order valence-electron chi connectivity index (χ0n) is 11.7. The lowest BCUT2D eigenvalue weighted by Gasteiger charge is -2.22. The van der Waals surface area contributed by atoms with Crippen molar-refractivity contribution in [3.63, 3.8) is 0 Å². The average molecular weight is 279 g/mol. The topological polar surface area (TPSA) is 70.1 Å². The number of nitrogens with two attached hydrogens (primary N) is 1. The summed E-state index contributed by atoms with van der Waals surface area (Å²) in [6.45, 7) is 0.391. The van der Waals surface area contributed by atoms with Gasteiger partial charge in [0.15, 0.2) is 0 Å².